The molecule has 0 unspecified atom stereocenters. The number of amides is 2. The molecule has 1 N–H and O–H groups in total. The molecule has 0 aromatic heterocycles. The molecule has 4 aromatic carbocycles. The van der Waals surface area contributed by atoms with Crippen molar-refractivity contribution in [3.8, 4) is 17.1 Å². The summed E-state index contributed by atoms with van der Waals surface area (Å²) in [5, 5.41) is 5.80. The number of imide groups is 1. The van der Waals surface area contributed by atoms with Crippen molar-refractivity contribution in [3.63, 3.8) is 0 Å². The summed E-state index contributed by atoms with van der Waals surface area (Å²) in [7, 11) is 0. The molecule has 1 aliphatic carbocycles. The largest absolute Gasteiger partial charge is 0.354 e. The zero-order valence-corrected chi connectivity index (χ0v) is 31.4. The number of nitrogens with zero attached hydrogens (tertiary/aromatic N) is 6. The Morgan fingerprint density at radius 1 is 0.667 bits per heavy atom. The van der Waals surface area contributed by atoms with Crippen LogP contribution in [0, 0.1) is 0 Å². The van der Waals surface area contributed by atoms with E-state index >= 15 is 0 Å². The van der Waals surface area contributed by atoms with Gasteiger partial charge in [-0.1, -0.05) is 53.9 Å². The van der Waals surface area contributed by atoms with Crippen LogP contribution in [0.2, 0.25) is 10.0 Å². The molecule has 11 heteroatoms. The number of para-hydroxylation sites is 2. The first kappa shape index (κ1) is 35.9. The summed E-state index contributed by atoms with van der Waals surface area (Å²) in [6.07, 6.45) is 2.85. The Kier molecular flexibility index (Phi) is 10.7. The fraction of sp³-hybridized carbons (Fsp3) is 0.256. The third-order valence-electron chi connectivity index (χ3n) is 10.3. The number of hydrogen-bond acceptors (Lipinski definition) is 7. The van der Waals surface area contributed by atoms with Crippen LogP contribution in [0.25, 0.3) is 28.1 Å². The van der Waals surface area contributed by atoms with Crippen molar-refractivity contribution in [1.29, 1.82) is 0 Å². The van der Waals surface area contributed by atoms with Crippen molar-refractivity contribution in [2.24, 2.45) is 4.99 Å². The molecular weight excluding hydrogens is 717 g/mol. The molecule has 3 heterocycles. The number of aromatic nitrogens is 2. The molecule has 8 rings (SSSR count). The molecule has 2 amide bonds. The van der Waals surface area contributed by atoms with Crippen LogP contribution in [0.5, 0.6) is 0 Å². The lowest BCUT2D eigenvalue weighted by molar-refractivity contribution is 0.0650. The third-order valence-corrected chi connectivity index (χ3v) is 10.8. The van der Waals surface area contributed by atoms with E-state index in [1.54, 1.807) is 12.1 Å². The smallest absolute Gasteiger partial charge is 0.261 e. The Hall–Kier alpha value is -5.06. The Morgan fingerprint density at radius 2 is 1.28 bits per heavy atom. The molecule has 274 valence electrons. The number of halogens is 2. The zero-order valence-electron chi connectivity index (χ0n) is 29.9. The second kappa shape index (κ2) is 16.1. The first-order valence-corrected chi connectivity index (χ1v) is 19.3. The van der Waals surface area contributed by atoms with Crippen molar-refractivity contribution < 1.29 is 9.59 Å². The van der Waals surface area contributed by atoms with Gasteiger partial charge in [0.1, 0.15) is 0 Å². The van der Waals surface area contributed by atoms with Gasteiger partial charge in [0.15, 0.2) is 0 Å². The average molecular weight is 759 g/mol. The summed E-state index contributed by atoms with van der Waals surface area (Å²) in [5.74, 6) is -0.333. The monoisotopic (exact) mass is 757 g/mol. The lowest BCUT2D eigenvalue weighted by Crippen LogP contribution is -2.47. The number of fused-ring (bicyclic) bond motifs is 3. The van der Waals surface area contributed by atoms with E-state index in [0.29, 0.717) is 34.3 Å². The van der Waals surface area contributed by atoms with Crippen LogP contribution >= 0.6 is 23.2 Å². The van der Waals surface area contributed by atoms with E-state index in [1.165, 1.54) is 4.90 Å². The molecule has 0 spiro atoms. The number of benzene rings is 5. The molecule has 9 nitrogen and oxygen atoms in total. The van der Waals surface area contributed by atoms with E-state index in [4.69, 9.17) is 33.2 Å². The summed E-state index contributed by atoms with van der Waals surface area (Å²) < 4.78 is 2.23. The van der Waals surface area contributed by atoms with Gasteiger partial charge in [0.2, 0.25) is 0 Å². The van der Waals surface area contributed by atoms with Gasteiger partial charge < -0.3 is 14.8 Å². The molecule has 3 aliphatic heterocycles. The highest BCUT2D eigenvalue weighted by molar-refractivity contribution is 6.31. The van der Waals surface area contributed by atoms with Crippen LogP contribution in [0.15, 0.2) is 114 Å². The molecule has 1 saturated heterocycles. The van der Waals surface area contributed by atoms with Crippen LogP contribution in [0.1, 0.15) is 40.0 Å². The topological polar surface area (TPSA) is 86.1 Å². The number of rotatable bonds is 12. The van der Waals surface area contributed by atoms with Gasteiger partial charge in [-0.05, 0) is 104 Å². The van der Waals surface area contributed by atoms with Crippen LogP contribution in [0.3, 0.4) is 0 Å². The normalized spacial score (nSPS) is 15.4. The molecule has 0 radical (unpaired) electrons. The molecule has 0 bridgehead atoms. The number of anilines is 2. The van der Waals surface area contributed by atoms with Gasteiger partial charge in [-0.3, -0.25) is 24.4 Å². The van der Waals surface area contributed by atoms with Gasteiger partial charge in [-0.15, -0.1) is 0 Å². The fourth-order valence-electron chi connectivity index (χ4n) is 7.40. The summed E-state index contributed by atoms with van der Waals surface area (Å²) in [5.41, 5.74) is 7.52. The minimum atomic E-state index is -0.166. The number of carbonyl (C=O) groups is 2. The highest BCUT2D eigenvalue weighted by atomic mass is 35.5. The maximum Gasteiger partial charge on any atom is 0.261 e. The lowest BCUT2D eigenvalue weighted by atomic mass is 10.1. The molecule has 1 fully saturated rings. The van der Waals surface area contributed by atoms with Gasteiger partial charge in [0.25, 0.3) is 11.8 Å². The Balaban J connectivity index is 0.928. The van der Waals surface area contributed by atoms with E-state index in [1.807, 2.05) is 78.9 Å². The molecule has 4 aromatic rings. The number of nitrogens with one attached hydrogen (secondary N) is 1. The molecule has 54 heavy (non-hydrogen) atoms. The highest BCUT2D eigenvalue weighted by Crippen LogP contribution is 2.31. The van der Waals surface area contributed by atoms with Crippen LogP contribution in [0.4, 0.5) is 11.4 Å². The molecule has 0 saturated carbocycles. The summed E-state index contributed by atoms with van der Waals surface area (Å²) >= 11 is 12.5. The highest BCUT2D eigenvalue weighted by Gasteiger charge is 2.34. The number of piperazine rings is 1. The predicted octanol–water partition coefficient (Wildman–Crippen LogP) is 8.17. The summed E-state index contributed by atoms with van der Waals surface area (Å²) in [6, 6.07) is 35.0. The second-order valence-corrected chi connectivity index (χ2v) is 14.7. The Labute approximate surface area is 324 Å². The minimum Gasteiger partial charge on any atom is -0.354 e. The Morgan fingerprint density at radius 3 is 1.98 bits per heavy atom. The quantitative estimate of drug-likeness (QED) is 0.0771. The van der Waals surface area contributed by atoms with Crippen LogP contribution in [-0.2, 0) is 0 Å². The van der Waals surface area contributed by atoms with Gasteiger partial charge in [-0.2, -0.15) is 0 Å². The zero-order chi connectivity index (χ0) is 37.0. The van der Waals surface area contributed by atoms with E-state index < -0.39 is 0 Å². The maximum absolute atomic E-state index is 12.6. The molecule has 0 atom stereocenters. The van der Waals surface area contributed by atoms with E-state index in [2.05, 4.69) is 37.9 Å². The lowest BCUT2D eigenvalue weighted by Gasteiger charge is -2.34. The first-order valence-electron chi connectivity index (χ1n) is 18.6. The molecule has 4 aliphatic rings. The van der Waals surface area contributed by atoms with Crippen LogP contribution < -0.4 is 10.7 Å². The average Bonchev–Trinajstić information content (AvgIpc) is 3.43. The van der Waals surface area contributed by atoms with Gasteiger partial charge in [-0.25, -0.2) is 4.98 Å². The maximum atomic E-state index is 12.6. The number of carbonyl (C=O) groups excluding carboxylic acids is 2. The van der Waals surface area contributed by atoms with Crippen molar-refractivity contribution >= 4 is 57.4 Å². The first-order chi connectivity index (χ1) is 26.4. The van der Waals surface area contributed by atoms with E-state index in [0.717, 1.165) is 103 Å². The SMILES string of the molecule is O=C1c2ccccc2C(=O)N1CCCCCN1CCN(CCN=c2cc3n(-c4ccc(Cl)cc4)c4ccccc4nc-3cc2Nc2ccc(Cl)cc2)CC1. The second-order valence-electron chi connectivity index (χ2n) is 13.8. The van der Waals surface area contributed by atoms with Crippen molar-refractivity contribution in [1.82, 2.24) is 24.3 Å². The van der Waals surface area contributed by atoms with Gasteiger partial charge in [0, 0.05) is 60.7 Å². The minimum absolute atomic E-state index is 0.166. The standard InChI is InChI=1S/C43H41Cl2N7O2/c44-30-12-16-32(17-13-30)47-38-28-39-41(52(33-18-14-31(45)15-19-33)40-11-5-4-10-36(40)48-39)29-37(38)46-20-23-50-26-24-49(25-27-50)21-6-1-7-22-51-42(53)34-8-2-3-9-35(34)43(51)54/h2-5,8-19,28-29,47H,1,6-7,20-27H2. The number of unbranched alkanes of at least 4 members (excludes halogenated alkanes) is 2. The number of hydrogen-bond donors (Lipinski definition) is 1. The van der Waals surface area contributed by atoms with E-state index in [-0.39, 0.29) is 11.8 Å². The Bertz CT molecular complexity index is 2300. The van der Waals surface area contributed by atoms with Gasteiger partial charge in [0.05, 0.1) is 51.1 Å². The fourth-order valence-corrected chi connectivity index (χ4v) is 7.65. The van der Waals surface area contributed by atoms with Crippen molar-refractivity contribution in [2.75, 3.05) is 57.7 Å². The van der Waals surface area contributed by atoms with Crippen LogP contribution in [-0.4, -0.2) is 88.4 Å². The summed E-state index contributed by atoms with van der Waals surface area (Å²) in [4.78, 5) is 41.9. The third kappa shape index (κ3) is 7.77. The van der Waals surface area contributed by atoms with Gasteiger partial charge >= 0.3 is 0 Å². The summed E-state index contributed by atoms with van der Waals surface area (Å²) in [6.45, 7) is 7.02. The predicted molar refractivity (Wildman–Crippen MR) is 216 cm³/mol. The van der Waals surface area contributed by atoms with E-state index in [9.17, 15) is 9.59 Å². The van der Waals surface area contributed by atoms with Crippen molar-refractivity contribution in [3.05, 3.63) is 136 Å². The molecular formula is C43H41Cl2N7O2. The van der Waals surface area contributed by atoms with Crippen molar-refractivity contribution in [2.45, 2.75) is 19.3 Å².